The van der Waals surface area contributed by atoms with E-state index in [1.54, 1.807) is 0 Å². The average Bonchev–Trinajstić information content (AvgIpc) is 1.86. The van der Waals surface area contributed by atoms with Gasteiger partial charge in [0.2, 0.25) is 0 Å². The van der Waals surface area contributed by atoms with Gasteiger partial charge in [-0.1, -0.05) is 39.3 Å². The van der Waals surface area contributed by atoms with Gasteiger partial charge in [0, 0.05) is 24.9 Å². The van der Waals surface area contributed by atoms with Crippen LogP contribution in [0.2, 0.25) is 39.3 Å². The van der Waals surface area contributed by atoms with Gasteiger partial charge in [0.1, 0.15) is 17.4 Å². The van der Waals surface area contributed by atoms with Crippen LogP contribution in [0, 0.1) is 0 Å². The lowest BCUT2D eigenvalue weighted by Gasteiger charge is -2.40. The standard InChI is InChI=1S/C6H24OSi5/c1-9(2)12(7-8,10(3)4)11(5)6/h9-11H,1-6,8H3. The Balaban J connectivity index is 4.77. The van der Waals surface area contributed by atoms with Crippen LogP contribution in [-0.4, -0.2) is 42.3 Å². The molecule has 0 rings (SSSR count). The zero-order chi connectivity index (χ0) is 9.94. The van der Waals surface area contributed by atoms with Gasteiger partial charge in [-0.05, 0) is 0 Å². The first-order chi connectivity index (χ1) is 5.39. The molecule has 0 unspecified atom stereocenters. The van der Waals surface area contributed by atoms with Crippen molar-refractivity contribution in [3.8, 4) is 0 Å². The predicted molar refractivity (Wildman–Crippen MR) is 73.4 cm³/mol. The lowest BCUT2D eigenvalue weighted by molar-refractivity contribution is 0.660. The van der Waals surface area contributed by atoms with Gasteiger partial charge in [0.15, 0.2) is 0 Å². The minimum Gasteiger partial charge on any atom is -0.470 e. The van der Waals surface area contributed by atoms with Crippen LogP contribution in [0.1, 0.15) is 0 Å². The molecule has 0 saturated heterocycles. The highest BCUT2D eigenvalue weighted by Crippen LogP contribution is 2.16. The van der Waals surface area contributed by atoms with Crippen LogP contribution in [0.25, 0.3) is 0 Å². The summed E-state index contributed by atoms with van der Waals surface area (Å²) in [6.45, 7) is 14.2. The number of hydrogen-bond acceptors (Lipinski definition) is 1. The van der Waals surface area contributed by atoms with Crippen molar-refractivity contribution >= 4 is 42.3 Å². The first-order valence-corrected chi connectivity index (χ1v) is 20.0. The van der Waals surface area contributed by atoms with Crippen LogP contribution < -0.4 is 0 Å². The molecule has 1 nitrogen and oxygen atoms in total. The normalized spacial score (nSPS) is 13.8. The van der Waals surface area contributed by atoms with Crippen LogP contribution >= 0.6 is 0 Å². The molecule has 0 aromatic rings. The van der Waals surface area contributed by atoms with E-state index in [4.69, 9.17) is 4.12 Å². The summed E-state index contributed by atoms with van der Waals surface area (Å²) < 4.78 is 6.19. The van der Waals surface area contributed by atoms with E-state index < -0.39 is 31.8 Å². The molecule has 0 aliphatic heterocycles. The van der Waals surface area contributed by atoms with E-state index in [1.807, 2.05) is 0 Å². The van der Waals surface area contributed by atoms with Gasteiger partial charge in [0.25, 0.3) is 0 Å². The lowest BCUT2D eigenvalue weighted by Crippen LogP contribution is -2.69. The Bertz CT molecular complexity index is 114. The molecular weight excluding hydrogens is 228 g/mol. The summed E-state index contributed by atoms with van der Waals surface area (Å²) in [5, 5.41) is 0. The molecule has 0 fully saturated rings. The zero-order valence-electron chi connectivity index (χ0n) is 9.64. The number of hydrogen-bond donors (Lipinski definition) is 0. The van der Waals surface area contributed by atoms with E-state index in [-0.39, 0.29) is 0 Å². The molecule has 0 heterocycles. The molecule has 0 radical (unpaired) electrons. The summed E-state index contributed by atoms with van der Waals surface area (Å²) >= 11 is 0. The van der Waals surface area contributed by atoms with Crippen molar-refractivity contribution in [2.24, 2.45) is 0 Å². The highest BCUT2D eigenvalue weighted by molar-refractivity contribution is 7.77. The minimum atomic E-state index is -1.02. The van der Waals surface area contributed by atoms with Crippen LogP contribution in [0.4, 0.5) is 0 Å². The quantitative estimate of drug-likeness (QED) is 0.637. The summed E-state index contributed by atoms with van der Waals surface area (Å²) in [6.07, 6.45) is 0. The second-order valence-corrected chi connectivity index (χ2v) is 39.3. The fourth-order valence-corrected chi connectivity index (χ4v) is 73.1. The van der Waals surface area contributed by atoms with E-state index in [9.17, 15) is 0 Å². The lowest BCUT2D eigenvalue weighted by atomic mass is 11.9. The molecule has 0 aromatic carbocycles. The Hall–Kier alpha value is 1.04. The molecule has 0 saturated carbocycles. The van der Waals surface area contributed by atoms with Crippen LogP contribution in [0.3, 0.4) is 0 Å². The van der Waals surface area contributed by atoms with Crippen molar-refractivity contribution < 1.29 is 4.12 Å². The summed E-state index contributed by atoms with van der Waals surface area (Å²) in [6, 6.07) is 0. The predicted octanol–water partition coefficient (Wildman–Crippen LogP) is -0.0758. The summed E-state index contributed by atoms with van der Waals surface area (Å²) in [5.41, 5.74) is 0. The molecule has 0 aromatic heterocycles. The van der Waals surface area contributed by atoms with Crippen molar-refractivity contribution in [1.82, 2.24) is 0 Å². The summed E-state index contributed by atoms with van der Waals surface area (Å²) in [7, 11) is -0.381. The molecule has 0 N–H and O–H groups in total. The average molecular weight is 253 g/mol. The van der Waals surface area contributed by atoms with E-state index in [2.05, 4.69) is 39.3 Å². The van der Waals surface area contributed by atoms with Crippen LogP contribution in [0.15, 0.2) is 0 Å². The van der Waals surface area contributed by atoms with E-state index in [0.29, 0.717) is 0 Å². The Kier molecular flexibility index (Phi) is 5.50. The minimum absolute atomic E-state index is 0.462. The Morgan fingerprint density at radius 2 is 1.08 bits per heavy atom. The monoisotopic (exact) mass is 252 g/mol. The van der Waals surface area contributed by atoms with Gasteiger partial charge in [-0.15, -0.1) is 0 Å². The van der Waals surface area contributed by atoms with Crippen molar-refractivity contribution in [1.29, 1.82) is 0 Å². The molecule has 0 atom stereocenters. The fourth-order valence-electron chi connectivity index (χ4n) is 2.71. The fraction of sp³-hybridized carbons (Fsp3) is 1.00. The van der Waals surface area contributed by atoms with Crippen molar-refractivity contribution in [2.45, 2.75) is 39.3 Å². The van der Waals surface area contributed by atoms with Gasteiger partial charge in [-0.25, -0.2) is 0 Å². The van der Waals surface area contributed by atoms with Gasteiger partial charge in [0.05, 0.1) is 0 Å². The van der Waals surface area contributed by atoms with Gasteiger partial charge in [-0.2, -0.15) is 0 Å². The molecule has 12 heavy (non-hydrogen) atoms. The van der Waals surface area contributed by atoms with E-state index >= 15 is 0 Å². The van der Waals surface area contributed by atoms with Crippen molar-refractivity contribution in [2.75, 3.05) is 0 Å². The topological polar surface area (TPSA) is 9.23 Å². The second kappa shape index (κ2) is 5.06. The van der Waals surface area contributed by atoms with Gasteiger partial charge >= 0.3 is 0 Å². The molecular formula is C6H24OSi5. The third-order valence-corrected chi connectivity index (χ3v) is 69.9. The first kappa shape index (κ1) is 13.0. The molecule has 0 bridgehead atoms. The van der Waals surface area contributed by atoms with Gasteiger partial charge < -0.3 is 4.12 Å². The van der Waals surface area contributed by atoms with E-state index in [1.165, 1.54) is 0 Å². The first-order valence-electron chi connectivity index (χ1n) is 4.94. The molecule has 74 valence electrons. The highest BCUT2D eigenvalue weighted by atomic mass is 29.9. The highest BCUT2D eigenvalue weighted by Gasteiger charge is 2.44. The maximum atomic E-state index is 6.19. The maximum absolute atomic E-state index is 6.19. The van der Waals surface area contributed by atoms with Crippen LogP contribution in [-0.2, 0) is 4.12 Å². The maximum Gasteiger partial charge on any atom is 0.132 e. The molecule has 0 spiro atoms. The number of rotatable bonds is 4. The Labute approximate surface area is 85.8 Å². The third kappa shape index (κ3) is 2.29. The second-order valence-electron chi connectivity index (χ2n) is 4.52. The zero-order valence-corrected chi connectivity index (χ0v) is 16.1. The van der Waals surface area contributed by atoms with E-state index in [0.717, 1.165) is 10.5 Å². The smallest absolute Gasteiger partial charge is 0.132 e. The van der Waals surface area contributed by atoms with Crippen molar-refractivity contribution in [3.05, 3.63) is 0 Å². The van der Waals surface area contributed by atoms with Gasteiger partial charge in [-0.3, -0.25) is 0 Å². The Morgan fingerprint density at radius 1 is 0.833 bits per heavy atom. The summed E-state index contributed by atoms with van der Waals surface area (Å²) in [4.78, 5) is 0. The third-order valence-electron chi connectivity index (χ3n) is 3.06. The van der Waals surface area contributed by atoms with Crippen LogP contribution in [0.5, 0.6) is 0 Å². The van der Waals surface area contributed by atoms with Crippen molar-refractivity contribution in [3.63, 3.8) is 0 Å². The molecule has 0 aliphatic rings. The SMILES string of the molecule is C[SiH](C)[Si](O[SiH3])([SiH](C)C)[SiH](C)C. The molecule has 0 aliphatic carbocycles. The molecule has 0 amide bonds. The summed E-state index contributed by atoms with van der Waals surface area (Å²) in [5.74, 6) is 0. The molecule has 6 heteroatoms. The Morgan fingerprint density at radius 3 is 1.08 bits per heavy atom. The largest absolute Gasteiger partial charge is 0.470 e.